The van der Waals surface area contributed by atoms with E-state index >= 15 is 0 Å². The normalized spacial score (nSPS) is 20.6. The highest BCUT2D eigenvalue weighted by molar-refractivity contribution is 8.04. The summed E-state index contributed by atoms with van der Waals surface area (Å²) >= 11 is 1.17. The van der Waals surface area contributed by atoms with Gasteiger partial charge in [0.1, 0.15) is 5.82 Å². The van der Waals surface area contributed by atoms with E-state index in [1.807, 2.05) is 0 Å². The van der Waals surface area contributed by atoms with Gasteiger partial charge in [0.2, 0.25) is 5.91 Å². The van der Waals surface area contributed by atoms with Crippen LogP contribution in [0.5, 0.6) is 11.5 Å². The number of rotatable bonds is 6. The number of hydrogen-bond donors (Lipinski definition) is 2. The number of nitrogens with zero attached hydrogens (tertiary/aromatic N) is 1. The number of carbonyl (C=O) groups excluding carboxylic acids is 3. The maximum atomic E-state index is 13.1. The Labute approximate surface area is 183 Å². The number of thioether (sulfide) groups is 1. The summed E-state index contributed by atoms with van der Waals surface area (Å²) in [6.07, 6.45) is 0. The quantitative estimate of drug-likeness (QED) is 0.628. The van der Waals surface area contributed by atoms with Crippen molar-refractivity contribution in [3.63, 3.8) is 0 Å². The highest BCUT2D eigenvalue weighted by Gasteiger charge is 2.49. The van der Waals surface area contributed by atoms with E-state index in [0.29, 0.717) is 10.6 Å². The molecule has 3 N–H and O–H groups in total. The predicted octanol–water partition coefficient (Wildman–Crippen LogP) is 1.97. The number of methoxy groups -OCH3 is 1. The summed E-state index contributed by atoms with van der Waals surface area (Å²) in [5, 5.41) is 9.82. The van der Waals surface area contributed by atoms with Crippen molar-refractivity contribution < 1.29 is 33.7 Å². The van der Waals surface area contributed by atoms with E-state index in [1.54, 1.807) is 26.8 Å². The van der Waals surface area contributed by atoms with E-state index in [4.69, 9.17) is 19.9 Å². The molecule has 1 aromatic carbocycles. The van der Waals surface area contributed by atoms with Gasteiger partial charge in [0.05, 0.1) is 47.7 Å². The molecule has 0 aromatic heterocycles. The number of carbonyl (C=O) groups is 3. The van der Waals surface area contributed by atoms with Crippen molar-refractivity contribution in [1.29, 1.82) is 0 Å². The van der Waals surface area contributed by atoms with Gasteiger partial charge in [0.15, 0.2) is 11.5 Å². The number of phenols is 1. The van der Waals surface area contributed by atoms with Crippen LogP contribution in [0.15, 0.2) is 40.2 Å². The molecule has 31 heavy (non-hydrogen) atoms. The minimum atomic E-state index is -0.982. The van der Waals surface area contributed by atoms with Crippen LogP contribution < -0.4 is 10.5 Å². The topological polar surface area (TPSA) is 128 Å². The molecule has 166 valence electrons. The van der Waals surface area contributed by atoms with Gasteiger partial charge in [-0.05, 0) is 38.5 Å². The fourth-order valence-corrected chi connectivity index (χ4v) is 4.72. The second-order valence-electron chi connectivity index (χ2n) is 6.76. The van der Waals surface area contributed by atoms with Crippen molar-refractivity contribution >= 4 is 29.6 Å². The van der Waals surface area contributed by atoms with Crippen LogP contribution in [0.25, 0.3) is 0 Å². The van der Waals surface area contributed by atoms with Crippen LogP contribution in [0.1, 0.15) is 32.3 Å². The van der Waals surface area contributed by atoms with Gasteiger partial charge >= 0.3 is 11.9 Å². The van der Waals surface area contributed by atoms with E-state index in [9.17, 15) is 19.5 Å². The molecule has 2 aliphatic rings. The molecule has 3 rings (SSSR count). The van der Waals surface area contributed by atoms with Crippen molar-refractivity contribution in [2.75, 3.05) is 20.3 Å². The standard InChI is InChI=1S/C21H24N2O7S/c1-5-29-20(26)15-14(11-7-8-12(24)13(9-11)28-4)16(21(27)30-6-2)19-23(17(15)22)18(25)10(3)31-19/h7-10,14,24H,5-6,22H2,1-4H3/t10-,14-/m1/s1. The van der Waals surface area contributed by atoms with Crippen LogP contribution in [0.4, 0.5) is 0 Å². The second kappa shape index (κ2) is 8.93. The lowest BCUT2D eigenvalue weighted by Crippen LogP contribution is -2.40. The number of benzene rings is 1. The lowest BCUT2D eigenvalue weighted by atomic mass is 9.82. The summed E-state index contributed by atoms with van der Waals surface area (Å²) in [7, 11) is 1.38. The fraction of sp³-hybridized carbons (Fsp3) is 0.381. The third kappa shape index (κ3) is 3.83. The average Bonchev–Trinajstić information content (AvgIpc) is 3.03. The average molecular weight is 448 g/mol. The number of aromatic hydroxyl groups is 1. The SMILES string of the molecule is CCOC(=O)C1=C(N)N2C(=O)[C@@H](C)SC2=C(C(=O)OCC)[C@@H]1c1ccc(O)c(OC)c1. The van der Waals surface area contributed by atoms with Gasteiger partial charge in [-0.2, -0.15) is 0 Å². The van der Waals surface area contributed by atoms with Gasteiger partial charge in [-0.3, -0.25) is 9.69 Å². The van der Waals surface area contributed by atoms with Crippen LogP contribution >= 0.6 is 11.8 Å². The third-order valence-corrected chi connectivity index (χ3v) is 6.09. The zero-order valence-electron chi connectivity index (χ0n) is 17.6. The van der Waals surface area contributed by atoms with Gasteiger partial charge < -0.3 is 25.1 Å². The van der Waals surface area contributed by atoms with Crippen molar-refractivity contribution in [2.24, 2.45) is 5.73 Å². The summed E-state index contributed by atoms with van der Waals surface area (Å²) in [6, 6.07) is 4.45. The molecule has 10 heteroatoms. The minimum Gasteiger partial charge on any atom is -0.504 e. The second-order valence-corrected chi connectivity index (χ2v) is 8.09. The Hall–Kier alpha value is -3.14. The third-order valence-electron chi connectivity index (χ3n) is 4.91. The molecular weight excluding hydrogens is 424 g/mol. The molecule has 1 fully saturated rings. The van der Waals surface area contributed by atoms with Crippen LogP contribution in [0.3, 0.4) is 0 Å². The molecule has 0 radical (unpaired) electrons. The van der Waals surface area contributed by atoms with Crippen LogP contribution in [-0.4, -0.2) is 53.4 Å². The largest absolute Gasteiger partial charge is 0.504 e. The fourth-order valence-electron chi connectivity index (χ4n) is 3.55. The first-order valence-corrected chi connectivity index (χ1v) is 10.6. The molecule has 2 aliphatic heterocycles. The van der Waals surface area contributed by atoms with Gasteiger partial charge in [-0.1, -0.05) is 17.8 Å². The van der Waals surface area contributed by atoms with E-state index in [-0.39, 0.29) is 47.6 Å². The predicted molar refractivity (Wildman–Crippen MR) is 113 cm³/mol. The molecule has 1 saturated heterocycles. The molecule has 0 bridgehead atoms. The molecule has 0 spiro atoms. The van der Waals surface area contributed by atoms with Crippen LogP contribution in [0, 0.1) is 0 Å². The van der Waals surface area contributed by atoms with Crippen LogP contribution in [-0.2, 0) is 23.9 Å². The van der Waals surface area contributed by atoms with E-state index in [1.165, 1.54) is 35.9 Å². The highest BCUT2D eigenvalue weighted by Crippen LogP contribution is 2.50. The smallest absolute Gasteiger partial charge is 0.338 e. The van der Waals surface area contributed by atoms with E-state index in [0.717, 1.165) is 0 Å². The number of fused-ring (bicyclic) bond motifs is 1. The maximum Gasteiger partial charge on any atom is 0.338 e. The van der Waals surface area contributed by atoms with Gasteiger partial charge in [0, 0.05) is 0 Å². The Bertz CT molecular complexity index is 1000. The molecular formula is C21H24N2O7S. The van der Waals surface area contributed by atoms with Crippen molar-refractivity contribution in [3.05, 3.63) is 45.8 Å². The molecule has 2 atom stereocenters. The number of phenolic OH excluding ortho intramolecular Hbond substituents is 1. The number of ether oxygens (including phenoxy) is 3. The minimum absolute atomic E-state index is 0.0514. The zero-order valence-corrected chi connectivity index (χ0v) is 18.4. The Morgan fingerprint density at radius 3 is 2.35 bits per heavy atom. The van der Waals surface area contributed by atoms with Crippen molar-refractivity contribution in [3.8, 4) is 11.5 Å². The summed E-state index contributed by atoms with van der Waals surface area (Å²) < 4.78 is 15.7. The molecule has 1 aromatic rings. The van der Waals surface area contributed by atoms with Crippen molar-refractivity contribution in [2.45, 2.75) is 31.9 Å². The maximum absolute atomic E-state index is 13.1. The lowest BCUT2D eigenvalue weighted by molar-refractivity contribution is -0.139. The highest BCUT2D eigenvalue weighted by atomic mass is 32.2. The molecule has 2 heterocycles. The summed E-state index contributed by atoms with van der Waals surface area (Å²) in [4.78, 5) is 40.0. The molecule has 9 nitrogen and oxygen atoms in total. The first kappa shape index (κ1) is 22.5. The zero-order chi connectivity index (χ0) is 22.9. The first-order valence-electron chi connectivity index (χ1n) is 9.72. The van der Waals surface area contributed by atoms with Crippen molar-refractivity contribution in [1.82, 2.24) is 4.90 Å². The summed E-state index contributed by atoms with van der Waals surface area (Å²) in [5.41, 5.74) is 6.82. The molecule has 0 saturated carbocycles. The monoisotopic (exact) mass is 448 g/mol. The number of esters is 2. The van der Waals surface area contributed by atoms with Gasteiger partial charge in [-0.25, -0.2) is 9.59 Å². The number of nitrogens with two attached hydrogens (primary N) is 1. The molecule has 0 unspecified atom stereocenters. The summed E-state index contributed by atoms with van der Waals surface area (Å²) in [5.74, 6) is -2.81. The Kier molecular flexibility index (Phi) is 6.49. The van der Waals surface area contributed by atoms with E-state index in [2.05, 4.69) is 0 Å². The van der Waals surface area contributed by atoms with Gasteiger partial charge in [0.25, 0.3) is 0 Å². The molecule has 1 amide bonds. The van der Waals surface area contributed by atoms with E-state index < -0.39 is 23.1 Å². The van der Waals surface area contributed by atoms with Crippen LogP contribution in [0.2, 0.25) is 0 Å². The Morgan fingerprint density at radius 2 is 1.77 bits per heavy atom. The first-order chi connectivity index (χ1) is 14.8. The van der Waals surface area contributed by atoms with Gasteiger partial charge in [-0.15, -0.1) is 0 Å². The molecule has 0 aliphatic carbocycles. The summed E-state index contributed by atoms with van der Waals surface area (Å²) in [6.45, 7) is 5.17. The number of amides is 1. The Balaban J connectivity index is 2.32. The Morgan fingerprint density at radius 1 is 1.16 bits per heavy atom. The lowest BCUT2D eigenvalue weighted by Gasteiger charge is -2.33. The number of hydrogen-bond acceptors (Lipinski definition) is 9.